The van der Waals surface area contributed by atoms with Crippen LogP contribution in [0, 0.1) is 0 Å². The number of ether oxygens (including phenoxy) is 1. The largest absolute Gasteiger partial charge is 0.434 e. The Hall–Kier alpha value is -0.770. The number of nitrogens with zero attached hydrogens (tertiary/aromatic N) is 1. The molecule has 1 aromatic carbocycles. The van der Waals surface area contributed by atoms with Gasteiger partial charge in [0.1, 0.15) is 7.17 Å². The number of hydrogen-bond acceptors (Lipinski definition) is 3. The Balaban J connectivity index is 1.65. The second-order valence-electron chi connectivity index (χ2n) is 7.83. The molecule has 2 fully saturated rings. The highest BCUT2D eigenvalue weighted by atomic mass is 16.5. The zero-order valence-electron chi connectivity index (χ0n) is 14.4. The van der Waals surface area contributed by atoms with E-state index in [4.69, 9.17) is 9.39 Å². The van der Waals surface area contributed by atoms with E-state index >= 15 is 0 Å². The van der Waals surface area contributed by atoms with Crippen LogP contribution in [-0.4, -0.2) is 50.8 Å². The maximum Gasteiger partial charge on any atom is 0.284 e. The van der Waals surface area contributed by atoms with E-state index in [1.54, 1.807) is 0 Å². The first kappa shape index (κ1) is 16.1. The summed E-state index contributed by atoms with van der Waals surface area (Å²) in [5, 5.41) is 0.212. The van der Waals surface area contributed by atoms with Gasteiger partial charge in [0.05, 0.1) is 13.2 Å². The molecule has 2 saturated heterocycles. The summed E-state index contributed by atoms with van der Waals surface area (Å²) in [5.74, 6) is 0. The molecular weight excluding hydrogens is 272 g/mol. The van der Waals surface area contributed by atoms with Gasteiger partial charge in [-0.2, -0.15) is 0 Å². The summed E-state index contributed by atoms with van der Waals surface area (Å²) >= 11 is 0. The Labute approximate surface area is 135 Å². The molecule has 0 saturated carbocycles. The van der Waals surface area contributed by atoms with Crippen LogP contribution in [0.3, 0.4) is 0 Å². The average Bonchev–Trinajstić information content (AvgIpc) is 2.69. The van der Waals surface area contributed by atoms with E-state index in [9.17, 15) is 0 Å². The molecule has 0 atom stereocenters. The monoisotopic (exact) mass is 299 g/mol. The molecule has 0 unspecified atom stereocenters. The van der Waals surface area contributed by atoms with Gasteiger partial charge in [-0.25, -0.2) is 0 Å². The van der Waals surface area contributed by atoms with Gasteiger partial charge in [-0.05, 0) is 24.7 Å². The molecule has 2 aliphatic heterocycles. The number of morpholine rings is 1. The zero-order valence-corrected chi connectivity index (χ0v) is 14.4. The van der Waals surface area contributed by atoms with Crippen molar-refractivity contribution in [3.05, 3.63) is 29.8 Å². The molecule has 0 N–H and O–H groups in total. The molecule has 0 spiro atoms. The highest BCUT2D eigenvalue weighted by Crippen LogP contribution is 2.45. The van der Waals surface area contributed by atoms with Crippen LogP contribution in [0.15, 0.2) is 24.3 Å². The summed E-state index contributed by atoms with van der Waals surface area (Å²) in [6, 6.07) is 9.01. The molecule has 2 aliphatic rings. The minimum Gasteiger partial charge on any atom is -0.434 e. The average molecular weight is 299 g/mol. The van der Waals surface area contributed by atoms with Gasteiger partial charge in [0.2, 0.25) is 0 Å². The highest BCUT2D eigenvalue weighted by Gasteiger charge is 2.50. The van der Waals surface area contributed by atoms with Crippen LogP contribution in [0.2, 0.25) is 5.31 Å². The molecule has 0 aromatic heterocycles. The summed E-state index contributed by atoms with van der Waals surface area (Å²) in [4.78, 5) is 2.46. The Bertz CT molecular complexity index is 494. The molecule has 0 radical (unpaired) electrons. The van der Waals surface area contributed by atoms with Crippen LogP contribution in [-0.2, 0) is 15.9 Å². The van der Waals surface area contributed by atoms with Crippen molar-refractivity contribution in [2.24, 2.45) is 0 Å². The van der Waals surface area contributed by atoms with Crippen molar-refractivity contribution < 1.29 is 9.39 Å². The van der Waals surface area contributed by atoms with Gasteiger partial charge in [0.15, 0.2) is 0 Å². The fourth-order valence-corrected chi connectivity index (χ4v) is 3.31. The second kappa shape index (κ2) is 6.03. The summed E-state index contributed by atoms with van der Waals surface area (Å²) < 4.78 is 11.7. The van der Waals surface area contributed by atoms with Crippen LogP contribution < -0.4 is 5.46 Å². The van der Waals surface area contributed by atoms with E-state index in [2.05, 4.69) is 56.9 Å². The van der Waals surface area contributed by atoms with E-state index in [0.717, 1.165) is 40.0 Å². The Kier molecular flexibility index (Phi) is 4.41. The molecular formula is C17H27B2NO2. The Morgan fingerprint density at radius 3 is 2.27 bits per heavy atom. The van der Waals surface area contributed by atoms with E-state index < -0.39 is 0 Å². The molecule has 22 heavy (non-hydrogen) atoms. The highest BCUT2D eigenvalue weighted by molar-refractivity contribution is 7.17. The maximum absolute atomic E-state index is 6.31. The molecule has 3 nitrogen and oxygen atoms in total. The summed E-state index contributed by atoms with van der Waals surface area (Å²) in [6.07, 6.45) is 0. The predicted molar refractivity (Wildman–Crippen MR) is 94.3 cm³/mol. The predicted octanol–water partition coefficient (Wildman–Crippen LogP) is 1.66. The molecule has 5 heteroatoms. The molecule has 118 valence electrons. The third-order valence-electron chi connectivity index (χ3n) is 5.62. The summed E-state index contributed by atoms with van der Waals surface area (Å²) in [6.45, 7) is 14.1. The lowest BCUT2D eigenvalue weighted by Gasteiger charge is -2.34. The van der Waals surface area contributed by atoms with E-state index in [1.165, 1.54) is 11.0 Å². The molecule has 0 bridgehead atoms. The van der Waals surface area contributed by atoms with Gasteiger partial charge in [-0.1, -0.05) is 43.6 Å². The van der Waals surface area contributed by atoms with Crippen molar-refractivity contribution >= 4 is 19.4 Å². The Morgan fingerprint density at radius 1 is 1.09 bits per heavy atom. The van der Waals surface area contributed by atoms with Crippen LogP contribution in [0.25, 0.3) is 0 Å². The SMILES string of the molecule is CC1(C)BB(c2ccc(CN3CCOCC3)cc2)OC1(C)C. The van der Waals surface area contributed by atoms with Gasteiger partial charge in [-0.3, -0.25) is 4.90 Å². The number of hydrogen-bond donors (Lipinski definition) is 0. The van der Waals surface area contributed by atoms with Crippen molar-refractivity contribution in [2.45, 2.75) is 45.2 Å². The standard InChI is InChI=1S/C17H27B2NO2/c1-16(2)17(3,4)22-19(18-16)15-7-5-14(6-8-15)13-20-9-11-21-12-10-20/h5-8,18H,9-13H2,1-4H3. The third-order valence-corrected chi connectivity index (χ3v) is 5.62. The zero-order chi connectivity index (χ0) is 15.8. The lowest BCUT2D eigenvalue weighted by molar-refractivity contribution is 0.0342. The first-order valence-corrected chi connectivity index (χ1v) is 8.44. The number of benzene rings is 1. The molecule has 0 amide bonds. The second-order valence-corrected chi connectivity index (χ2v) is 7.83. The maximum atomic E-state index is 6.31. The topological polar surface area (TPSA) is 21.7 Å². The van der Waals surface area contributed by atoms with E-state index in [1.807, 2.05) is 0 Å². The van der Waals surface area contributed by atoms with Crippen molar-refractivity contribution in [1.82, 2.24) is 4.90 Å². The summed E-state index contributed by atoms with van der Waals surface area (Å²) in [5.41, 5.74) is 2.62. The van der Waals surface area contributed by atoms with Gasteiger partial charge in [0, 0.05) is 25.2 Å². The van der Waals surface area contributed by atoms with Crippen LogP contribution in [0.1, 0.15) is 33.3 Å². The molecule has 3 rings (SSSR count). The molecule has 1 aromatic rings. The minimum absolute atomic E-state index is 0.0653. The summed E-state index contributed by atoms with van der Waals surface area (Å²) in [7, 11) is 1.09. The van der Waals surface area contributed by atoms with Crippen LogP contribution in [0.5, 0.6) is 0 Å². The van der Waals surface area contributed by atoms with Crippen molar-refractivity contribution in [3.63, 3.8) is 0 Å². The Morgan fingerprint density at radius 2 is 1.73 bits per heavy atom. The molecule has 2 heterocycles. The van der Waals surface area contributed by atoms with Crippen LogP contribution in [0.4, 0.5) is 0 Å². The van der Waals surface area contributed by atoms with Gasteiger partial charge in [-0.15, -0.1) is 0 Å². The van der Waals surface area contributed by atoms with Crippen molar-refractivity contribution in [1.29, 1.82) is 0 Å². The van der Waals surface area contributed by atoms with Crippen LogP contribution >= 0.6 is 0 Å². The van der Waals surface area contributed by atoms with Crippen molar-refractivity contribution in [3.8, 4) is 0 Å². The molecule has 0 aliphatic carbocycles. The first-order chi connectivity index (χ1) is 10.4. The smallest absolute Gasteiger partial charge is 0.284 e. The van der Waals surface area contributed by atoms with E-state index in [-0.39, 0.29) is 17.7 Å². The quantitative estimate of drug-likeness (QED) is 0.792. The van der Waals surface area contributed by atoms with Gasteiger partial charge >= 0.3 is 0 Å². The third kappa shape index (κ3) is 3.27. The normalized spacial score (nSPS) is 24.3. The van der Waals surface area contributed by atoms with Gasteiger partial charge in [0.25, 0.3) is 6.81 Å². The number of rotatable bonds is 3. The lowest BCUT2D eigenvalue weighted by atomic mass is 9.23. The van der Waals surface area contributed by atoms with E-state index in [0.29, 0.717) is 0 Å². The fourth-order valence-electron chi connectivity index (χ4n) is 3.31. The van der Waals surface area contributed by atoms with Gasteiger partial charge < -0.3 is 9.39 Å². The fraction of sp³-hybridized carbons (Fsp3) is 0.647. The lowest BCUT2D eigenvalue weighted by Crippen LogP contribution is -2.37. The van der Waals surface area contributed by atoms with Crippen molar-refractivity contribution in [2.75, 3.05) is 26.3 Å². The minimum atomic E-state index is -0.0653. The first-order valence-electron chi connectivity index (χ1n) is 8.44.